The van der Waals surface area contributed by atoms with E-state index in [1.165, 1.54) is 12.1 Å². The van der Waals surface area contributed by atoms with E-state index in [0.29, 0.717) is 44.1 Å². The lowest BCUT2D eigenvalue weighted by Gasteiger charge is -2.37. The molecule has 2 aromatic carbocycles. The Hall–Kier alpha value is -3.27. The minimum Gasteiger partial charge on any atom is -0.460 e. The number of halogens is 2. The van der Waals surface area contributed by atoms with Crippen molar-refractivity contribution in [1.29, 1.82) is 0 Å². The molecule has 5 rings (SSSR count). The summed E-state index contributed by atoms with van der Waals surface area (Å²) in [7, 11) is 0. The fourth-order valence-electron chi connectivity index (χ4n) is 6.06. The second-order valence-corrected chi connectivity index (χ2v) is 13.0. The molecular weight excluding hydrogens is 595 g/mol. The van der Waals surface area contributed by atoms with Crippen LogP contribution in [0.15, 0.2) is 46.9 Å². The van der Waals surface area contributed by atoms with Crippen LogP contribution in [0.1, 0.15) is 69.6 Å². The van der Waals surface area contributed by atoms with Crippen LogP contribution in [0, 0.1) is 11.7 Å². The average molecular weight is 630 g/mol. The second-order valence-electron chi connectivity index (χ2n) is 12.1. The largest absolute Gasteiger partial charge is 0.460 e. The van der Waals surface area contributed by atoms with Crippen LogP contribution in [0.5, 0.6) is 0 Å². The Morgan fingerprint density at radius 3 is 2.44 bits per heavy atom. The van der Waals surface area contributed by atoms with Gasteiger partial charge in [-0.15, -0.1) is 0 Å². The van der Waals surface area contributed by atoms with E-state index in [0.717, 1.165) is 20.5 Å². The Morgan fingerprint density at radius 1 is 1.10 bits per heavy atom. The number of carbonyl (C=O) groups is 4. The smallest absolute Gasteiger partial charge is 0.418 e. The van der Waals surface area contributed by atoms with Gasteiger partial charge < -0.3 is 14.4 Å². The molecule has 2 aliphatic carbocycles. The molecule has 218 valence electrons. The summed E-state index contributed by atoms with van der Waals surface area (Å²) >= 11 is 3.44. The lowest BCUT2D eigenvalue weighted by Crippen LogP contribution is -2.49. The van der Waals surface area contributed by atoms with Gasteiger partial charge in [-0.25, -0.2) is 14.1 Å². The number of hydrogen-bond acceptors (Lipinski definition) is 6. The Balaban J connectivity index is 1.33. The number of aryl methyl sites for hydroxylation is 1. The highest BCUT2D eigenvalue weighted by atomic mass is 79.9. The third-order valence-electron chi connectivity index (χ3n) is 8.08. The summed E-state index contributed by atoms with van der Waals surface area (Å²) in [6.45, 7) is 5.21. The summed E-state index contributed by atoms with van der Waals surface area (Å²) in [5.41, 5.74) is 0.297. The molecule has 3 aliphatic rings. The normalized spacial score (nSPS) is 23.9. The summed E-state index contributed by atoms with van der Waals surface area (Å²) in [5, 5.41) is 0. The van der Waals surface area contributed by atoms with Crippen LogP contribution >= 0.6 is 15.9 Å². The van der Waals surface area contributed by atoms with Crippen molar-refractivity contribution >= 4 is 39.8 Å². The van der Waals surface area contributed by atoms with Crippen molar-refractivity contribution in [1.82, 2.24) is 9.80 Å². The van der Waals surface area contributed by atoms with Gasteiger partial charge in [-0.05, 0) is 88.3 Å². The molecule has 0 bridgehead atoms. The van der Waals surface area contributed by atoms with E-state index in [1.807, 2.05) is 26.8 Å². The van der Waals surface area contributed by atoms with Crippen LogP contribution in [0.25, 0.3) is 0 Å². The number of hydrogen-bond donors (Lipinski definition) is 0. The first-order chi connectivity index (χ1) is 19.4. The van der Waals surface area contributed by atoms with Crippen molar-refractivity contribution in [3.63, 3.8) is 0 Å². The lowest BCUT2D eigenvalue weighted by atomic mass is 9.85. The minimum atomic E-state index is -1.42. The van der Waals surface area contributed by atoms with Gasteiger partial charge in [0, 0.05) is 29.0 Å². The summed E-state index contributed by atoms with van der Waals surface area (Å²) in [5.74, 6) is -1.83. The molecular formula is C31H34BrFN2O6. The monoisotopic (exact) mass is 628 g/mol. The van der Waals surface area contributed by atoms with Crippen molar-refractivity contribution in [2.45, 2.75) is 83.1 Å². The summed E-state index contributed by atoms with van der Waals surface area (Å²) < 4.78 is 25.7. The molecule has 2 fully saturated rings. The fourth-order valence-corrected chi connectivity index (χ4v) is 6.47. The Bertz CT molecular complexity index is 1370. The maximum Gasteiger partial charge on any atom is 0.418 e. The zero-order valence-corrected chi connectivity index (χ0v) is 25.0. The number of esters is 1. The number of rotatable bonds is 6. The van der Waals surface area contributed by atoms with Gasteiger partial charge in [-0.3, -0.25) is 14.4 Å². The van der Waals surface area contributed by atoms with E-state index in [4.69, 9.17) is 9.47 Å². The zero-order valence-electron chi connectivity index (χ0n) is 23.5. The first kappa shape index (κ1) is 29.2. The number of fused-ring (bicyclic) bond motifs is 2. The van der Waals surface area contributed by atoms with Gasteiger partial charge in [0.2, 0.25) is 11.5 Å². The van der Waals surface area contributed by atoms with E-state index in [-0.39, 0.29) is 30.3 Å². The molecule has 1 aliphatic heterocycles. The molecule has 1 saturated carbocycles. The molecule has 8 nitrogen and oxygen atoms in total. The summed E-state index contributed by atoms with van der Waals surface area (Å²) in [6, 6.07) is 11.2. The molecule has 1 saturated heterocycles. The molecule has 1 unspecified atom stereocenters. The molecule has 1 heterocycles. The van der Waals surface area contributed by atoms with Gasteiger partial charge in [0.05, 0.1) is 5.92 Å². The molecule has 10 heteroatoms. The van der Waals surface area contributed by atoms with Gasteiger partial charge in [0.15, 0.2) is 0 Å². The summed E-state index contributed by atoms with van der Waals surface area (Å²) in [4.78, 5) is 55.6. The van der Waals surface area contributed by atoms with Gasteiger partial charge in [0.25, 0.3) is 5.91 Å². The number of amides is 3. The van der Waals surface area contributed by atoms with Crippen molar-refractivity contribution in [3.8, 4) is 0 Å². The fraction of sp³-hybridized carbons (Fsp3) is 0.484. The molecule has 0 N–H and O–H groups in total. The van der Waals surface area contributed by atoms with E-state index < -0.39 is 35.7 Å². The predicted molar refractivity (Wildman–Crippen MR) is 151 cm³/mol. The molecule has 0 aromatic heterocycles. The molecule has 1 atom stereocenters. The first-order valence-corrected chi connectivity index (χ1v) is 14.8. The molecule has 0 radical (unpaired) electrons. The number of carbonyl (C=O) groups excluding carboxylic acids is 4. The van der Waals surface area contributed by atoms with Crippen LogP contribution in [-0.4, -0.2) is 51.9 Å². The van der Waals surface area contributed by atoms with Crippen LogP contribution in [0.4, 0.5) is 9.18 Å². The van der Waals surface area contributed by atoms with Crippen molar-refractivity contribution in [2.24, 2.45) is 5.92 Å². The molecule has 1 spiro atoms. The van der Waals surface area contributed by atoms with Crippen molar-refractivity contribution < 1.29 is 33.0 Å². The number of nitrogens with zero attached hydrogens (tertiary/aromatic N) is 2. The second kappa shape index (κ2) is 11.2. The van der Waals surface area contributed by atoms with Crippen LogP contribution in [0.3, 0.4) is 0 Å². The van der Waals surface area contributed by atoms with Crippen molar-refractivity contribution in [2.75, 3.05) is 6.54 Å². The molecule has 2 aromatic rings. The van der Waals surface area contributed by atoms with Crippen LogP contribution < -0.4 is 0 Å². The van der Waals surface area contributed by atoms with E-state index >= 15 is 0 Å². The Labute approximate surface area is 247 Å². The average Bonchev–Trinajstić information content (AvgIpc) is 3.39. The highest BCUT2D eigenvalue weighted by molar-refractivity contribution is 9.10. The Morgan fingerprint density at radius 2 is 1.78 bits per heavy atom. The minimum absolute atomic E-state index is 0.181. The van der Waals surface area contributed by atoms with E-state index in [1.54, 1.807) is 29.2 Å². The van der Waals surface area contributed by atoms with Crippen molar-refractivity contribution in [3.05, 3.63) is 69.4 Å². The van der Waals surface area contributed by atoms with Crippen LogP contribution in [-0.2, 0) is 42.4 Å². The quantitative estimate of drug-likeness (QED) is 0.385. The lowest BCUT2D eigenvalue weighted by molar-refractivity contribution is -0.161. The van der Waals surface area contributed by atoms with Gasteiger partial charge in [-0.2, -0.15) is 0 Å². The third kappa shape index (κ3) is 6.03. The highest BCUT2D eigenvalue weighted by Crippen LogP contribution is 2.46. The van der Waals surface area contributed by atoms with E-state index in [2.05, 4.69) is 15.9 Å². The molecule has 41 heavy (non-hydrogen) atoms. The maximum atomic E-state index is 13.8. The maximum absolute atomic E-state index is 13.8. The van der Waals surface area contributed by atoms with Gasteiger partial charge in [-0.1, -0.05) is 34.1 Å². The SMILES string of the molecule is CC(C)(C)OC(=O)C1CCC(N(Cc2ccc(F)cc2)C(=O)CN2C(=O)OC3(CCc4cc(Br)ccc43)C2=O)CC1. The van der Waals surface area contributed by atoms with Gasteiger partial charge in [0.1, 0.15) is 18.0 Å². The standard InChI is InChI=1S/C31H34BrFN2O6/c1-30(2,3)40-27(37)20-6-11-24(12-7-20)34(17-19-4-9-23(33)10-5-19)26(36)18-35-28(38)31(41-29(35)39)15-14-21-16-22(32)8-13-25(21)31/h4-5,8-10,13,16,20,24H,6-7,11-12,14-15,17-18H2,1-3H3. The molecule has 3 amide bonds. The predicted octanol–water partition coefficient (Wildman–Crippen LogP) is 5.64. The Kier molecular flexibility index (Phi) is 7.98. The zero-order chi connectivity index (χ0) is 29.5. The topological polar surface area (TPSA) is 93.2 Å². The van der Waals surface area contributed by atoms with Crippen LogP contribution in [0.2, 0.25) is 0 Å². The third-order valence-corrected chi connectivity index (χ3v) is 8.57. The number of imide groups is 1. The van der Waals surface area contributed by atoms with Gasteiger partial charge >= 0.3 is 12.1 Å². The van der Waals surface area contributed by atoms with E-state index in [9.17, 15) is 23.6 Å². The number of benzene rings is 2. The highest BCUT2D eigenvalue weighted by Gasteiger charge is 2.58. The number of ether oxygens (including phenoxy) is 2. The summed E-state index contributed by atoms with van der Waals surface area (Å²) in [6.07, 6.45) is 2.27. The first-order valence-electron chi connectivity index (χ1n) is 14.0.